The molecule has 0 bridgehead atoms. The molecule has 0 unspecified atom stereocenters. The van der Waals surface area contributed by atoms with E-state index in [1.807, 2.05) is 84.9 Å². The van der Waals surface area contributed by atoms with Crippen molar-refractivity contribution in [3.8, 4) is 0 Å². The Balaban J connectivity index is 1.37. The molecule has 1 amide bonds. The van der Waals surface area contributed by atoms with Gasteiger partial charge in [-0.15, -0.1) is 0 Å². The van der Waals surface area contributed by atoms with E-state index >= 15 is 0 Å². The minimum atomic E-state index is -0.369. The molecule has 1 aliphatic rings. The van der Waals surface area contributed by atoms with Gasteiger partial charge in [-0.05, 0) is 48.0 Å². The zero-order chi connectivity index (χ0) is 28.9. The highest BCUT2D eigenvalue weighted by atomic mass is 35.5. The van der Waals surface area contributed by atoms with E-state index in [4.69, 9.17) is 23.2 Å². The van der Waals surface area contributed by atoms with Gasteiger partial charge in [-0.25, -0.2) is 4.99 Å². The molecule has 206 valence electrons. The van der Waals surface area contributed by atoms with Gasteiger partial charge in [0.2, 0.25) is 17.8 Å². The summed E-state index contributed by atoms with van der Waals surface area (Å²) in [7, 11) is 0. The summed E-state index contributed by atoms with van der Waals surface area (Å²) in [5, 5.41) is 8.72. The van der Waals surface area contributed by atoms with Crippen molar-refractivity contribution in [3.05, 3.63) is 136 Å². The molecule has 5 aromatic rings. The third-order valence-electron chi connectivity index (χ3n) is 6.00. The molecular weight excluding hydrogens is 571 g/mol. The summed E-state index contributed by atoms with van der Waals surface area (Å²) in [5.74, 6) is 0.550. The van der Waals surface area contributed by atoms with Crippen LogP contribution in [0.3, 0.4) is 0 Å². The van der Waals surface area contributed by atoms with Crippen LogP contribution in [0.2, 0.25) is 10.0 Å². The van der Waals surface area contributed by atoms with E-state index in [0.29, 0.717) is 27.3 Å². The Hall–Kier alpha value is -5.25. The van der Waals surface area contributed by atoms with Gasteiger partial charge < -0.3 is 10.6 Å². The van der Waals surface area contributed by atoms with Gasteiger partial charge in [0, 0.05) is 27.0 Å². The molecule has 1 aromatic heterocycles. The number of anilines is 5. The van der Waals surface area contributed by atoms with E-state index in [-0.39, 0.29) is 29.4 Å². The topological polar surface area (TPSA) is 107 Å². The van der Waals surface area contributed by atoms with Crippen LogP contribution in [0.5, 0.6) is 0 Å². The normalized spacial score (nSPS) is 13.7. The first-order chi connectivity index (χ1) is 20.5. The SMILES string of the molecule is O=C1C(=Cc2ccccc2)N=C(c2ccccc2)N1Nc1nc(Nc2cccc(Cl)c2)nc(Nc2cccc(Cl)c2)n1. The highest BCUT2D eigenvalue weighted by Gasteiger charge is 2.32. The maximum Gasteiger partial charge on any atom is 0.297 e. The molecule has 11 heteroatoms. The number of nitrogens with zero attached hydrogens (tertiary/aromatic N) is 5. The lowest BCUT2D eigenvalue weighted by Gasteiger charge is -2.20. The number of aromatic nitrogens is 3. The lowest BCUT2D eigenvalue weighted by molar-refractivity contribution is -0.121. The molecule has 0 aliphatic carbocycles. The van der Waals surface area contributed by atoms with Crippen LogP contribution in [0.15, 0.2) is 120 Å². The van der Waals surface area contributed by atoms with Crippen LogP contribution >= 0.6 is 23.2 Å². The fourth-order valence-electron chi connectivity index (χ4n) is 4.14. The monoisotopic (exact) mass is 592 g/mol. The van der Waals surface area contributed by atoms with Gasteiger partial charge in [0.05, 0.1) is 0 Å². The highest BCUT2D eigenvalue weighted by Crippen LogP contribution is 2.25. The Bertz CT molecular complexity index is 1750. The van der Waals surface area contributed by atoms with Crippen molar-refractivity contribution in [2.24, 2.45) is 4.99 Å². The molecule has 0 spiro atoms. The van der Waals surface area contributed by atoms with Gasteiger partial charge in [0.15, 0.2) is 5.84 Å². The van der Waals surface area contributed by atoms with E-state index in [0.717, 1.165) is 11.1 Å². The van der Waals surface area contributed by atoms with Crippen molar-refractivity contribution in [2.45, 2.75) is 0 Å². The third-order valence-corrected chi connectivity index (χ3v) is 6.47. The smallest absolute Gasteiger partial charge is 0.297 e. The first kappa shape index (κ1) is 26.9. The maximum absolute atomic E-state index is 13.7. The number of carbonyl (C=O) groups excluding carboxylic acids is 1. The van der Waals surface area contributed by atoms with Crippen molar-refractivity contribution < 1.29 is 4.79 Å². The molecule has 1 aliphatic heterocycles. The fraction of sp³-hybridized carbons (Fsp3) is 0. The second kappa shape index (κ2) is 12.1. The zero-order valence-corrected chi connectivity index (χ0v) is 23.4. The van der Waals surface area contributed by atoms with E-state index in [9.17, 15) is 4.79 Å². The highest BCUT2D eigenvalue weighted by molar-refractivity contribution is 6.31. The third kappa shape index (κ3) is 6.38. The average molecular weight is 593 g/mol. The van der Waals surface area contributed by atoms with Crippen LogP contribution in [0.4, 0.5) is 29.2 Å². The summed E-state index contributed by atoms with van der Waals surface area (Å²) in [6.45, 7) is 0. The van der Waals surface area contributed by atoms with Gasteiger partial charge >= 0.3 is 0 Å². The minimum Gasteiger partial charge on any atom is -0.324 e. The summed E-state index contributed by atoms with van der Waals surface area (Å²) in [5.41, 5.74) is 6.23. The molecule has 0 radical (unpaired) electrons. The second-order valence-corrected chi connectivity index (χ2v) is 9.94. The summed E-state index contributed by atoms with van der Waals surface area (Å²) in [6, 6.07) is 33.2. The standard InChI is InChI=1S/C31H22Cl2N8O/c32-22-13-7-15-24(18-22)34-29-37-30(35-25-16-8-14-23(33)19-25)39-31(38-29)40-41-27(21-11-5-2-6-12-21)36-26(28(41)42)17-20-9-3-1-4-10-20/h1-19H,(H3,34,35,37,38,39,40). The lowest BCUT2D eigenvalue weighted by Crippen LogP contribution is -2.38. The van der Waals surface area contributed by atoms with Gasteiger partial charge in [-0.3, -0.25) is 10.2 Å². The Morgan fingerprint density at radius 3 is 1.76 bits per heavy atom. The van der Waals surface area contributed by atoms with Crippen molar-refractivity contribution >= 4 is 70.2 Å². The fourth-order valence-corrected chi connectivity index (χ4v) is 4.52. The number of carbonyl (C=O) groups is 1. The number of amidine groups is 1. The molecule has 42 heavy (non-hydrogen) atoms. The predicted octanol–water partition coefficient (Wildman–Crippen LogP) is 7.32. The first-order valence-electron chi connectivity index (χ1n) is 12.8. The van der Waals surface area contributed by atoms with Gasteiger partial charge in [-0.2, -0.15) is 20.0 Å². The van der Waals surface area contributed by atoms with Crippen molar-refractivity contribution in [1.29, 1.82) is 0 Å². The van der Waals surface area contributed by atoms with Crippen LogP contribution in [0.1, 0.15) is 11.1 Å². The number of rotatable bonds is 8. The van der Waals surface area contributed by atoms with Crippen LogP contribution in [-0.2, 0) is 4.79 Å². The molecule has 9 nitrogen and oxygen atoms in total. The van der Waals surface area contributed by atoms with Crippen LogP contribution in [-0.4, -0.2) is 31.7 Å². The van der Waals surface area contributed by atoms with E-state index < -0.39 is 0 Å². The molecule has 0 saturated heterocycles. The van der Waals surface area contributed by atoms with E-state index in [1.54, 1.807) is 30.3 Å². The largest absolute Gasteiger partial charge is 0.324 e. The summed E-state index contributed by atoms with van der Waals surface area (Å²) >= 11 is 12.4. The zero-order valence-electron chi connectivity index (χ0n) is 21.9. The molecule has 2 heterocycles. The number of hydrogen-bond donors (Lipinski definition) is 3. The van der Waals surface area contributed by atoms with Crippen LogP contribution < -0.4 is 16.1 Å². The molecule has 4 aromatic carbocycles. The maximum atomic E-state index is 13.7. The summed E-state index contributed by atoms with van der Waals surface area (Å²) in [6.07, 6.45) is 1.73. The number of benzene rings is 4. The minimum absolute atomic E-state index is 0.0944. The second-order valence-electron chi connectivity index (χ2n) is 9.07. The molecular formula is C31H22Cl2N8O. The summed E-state index contributed by atoms with van der Waals surface area (Å²) < 4.78 is 0. The molecule has 0 fully saturated rings. The van der Waals surface area contributed by atoms with Crippen molar-refractivity contribution in [1.82, 2.24) is 20.0 Å². The summed E-state index contributed by atoms with van der Waals surface area (Å²) in [4.78, 5) is 31.9. The number of hydrazine groups is 1. The number of hydrogen-bond acceptors (Lipinski definition) is 8. The van der Waals surface area contributed by atoms with Gasteiger partial charge in [-0.1, -0.05) is 96.0 Å². The van der Waals surface area contributed by atoms with Gasteiger partial charge in [0.1, 0.15) is 5.70 Å². The van der Waals surface area contributed by atoms with Crippen molar-refractivity contribution in [3.63, 3.8) is 0 Å². The predicted molar refractivity (Wildman–Crippen MR) is 167 cm³/mol. The van der Waals surface area contributed by atoms with Crippen LogP contribution in [0.25, 0.3) is 6.08 Å². The van der Waals surface area contributed by atoms with Crippen molar-refractivity contribution in [2.75, 3.05) is 16.1 Å². The first-order valence-corrected chi connectivity index (χ1v) is 13.6. The number of nitrogens with one attached hydrogen (secondary N) is 3. The molecule has 0 saturated carbocycles. The number of amides is 1. The molecule has 3 N–H and O–H groups in total. The van der Waals surface area contributed by atoms with E-state index in [1.165, 1.54) is 5.01 Å². The number of halogens is 2. The average Bonchev–Trinajstić information content (AvgIpc) is 3.28. The molecule has 0 atom stereocenters. The Labute approximate surface area is 251 Å². The van der Waals surface area contributed by atoms with E-state index in [2.05, 4.69) is 36.0 Å². The Kier molecular flexibility index (Phi) is 7.76. The quantitative estimate of drug-likeness (QED) is 0.162. The lowest BCUT2D eigenvalue weighted by atomic mass is 10.2. The Morgan fingerprint density at radius 2 is 1.19 bits per heavy atom. The number of aliphatic imine (C=N–C) groups is 1. The molecule has 6 rings (SSSR count). The van der Waals surface area contributed by atoms with Gasteiger partial charge in [0.25, 0.3) is 5.91 Å². The van der Waals surface area contributed by atoms with Crippen LogP contribution in [0, 0.1) is 0 Å². The Morgan fingerprint density at radius 1 is 0.643 bits per heavy atom.